The van der Waals surface area contributed by atoms with Crippen molar-refractivity contribution >= 4 is 35.8 Å². The molecule has 0 aromatic heterocycles. The van der Waals surface area contributed by atoms with Gasteiger partial charge in [0.2, 0.25) is 0 Å². The molecule has 0 heterocycles. The summed E-state index contributed by atoms with van der Waals surface area (Å²) >= 11 is 16.3. The average molecular weight is 186 g/mol. The second-order valence-electron chi connectivity index (χ2n) is 2.10. The Morgan fingerprint density at radius 2 is 2.00 bits per heavy atom. The van der Waals surface area contributed by atoms with Crippen LogP contribution in [-0.4, -0.2) is 10.1 Å². The SMILES string of the molecule is CCCCC(Cl)(Cl)C[S]. The van der Waals surface area contributed by atoms with Gasteiger partial charge in [-0.25, -0.2) is 0 Å². The first-order valence-electron chi connectivity index (χ1n) is 3.08. The summed E-state index contributed by atoms with van der Waals surface area (Å²) in [4.78, 5) is 0. The molecule has 0 spiro atoms. The number of hydrogen-bond acceptors (Lipinski definition) is 0. The molecule has 1 radical (unpaired) electrons. The third-order valence-electron chi connectivity index (χ3n) is 1.11. The Morgan fingerprint density at radius 3 is 2.33 bits per heavy atom. The van der Waals surface area contributed by atoms with Crippen LogP contribution >= 0.6 is 35.8 Å². The van der Waals surface area contributed by atoms with Gasteiger partial charge in [-0.3, -0.25) is 0 Å². The second-order valence-corrected chi connectivity index (χ2v) is 4.03. The van der Waals surface area contributed by atoms with E-state index in [1.54, 1.807) is 0 Å². The molecule has 0 bridgehead atoms. The largest absolute Gasteiger partial charge is 0.128 e. The van der Waals surface area contributed by atoms with Gasteiger partial charge < -0.3 is 0 Å². The molecule has 0 aliphatic carbocycles. The van der Waals surface area contributed by atoms with Crippen molar-refractivity contribution in [2.45, 2.75) is 30.5 Å². The van der Waals surface area contributed by atoms with Crippen LogP contribution in [0.25, 0.3) is 0 Å². The predicted molar refractivity (Wildman–Crippen MR) is 46.4 cm³/mol. The molecule has 3 heteroatoms. The molecule has 0 saturated carbocycles. The monoisotopic (exact) mass is 185 g/mol. The lowest BCUT2D eigenvalue weighted by Gasteiger charge is -2.14. The Labute approximate surface area is 72.3 Å². The number of halogens is 2. The first-order chi connectivity index (χ1) is 4.12. The highest BCUT2D eigenvalue weighted by atomic mass is 35.5. The van der Waals surface area contributed by atoms with Crippen molar-refractivity contribution < 1.29 is 0 Å². The Balaban J connectivity index is 3.33. The fourth-order valence-electron chi connectivity index (χ4n) is 0.508. The predicted octanol–water partition coefficient (Wildman–Crippen LogP) is 3.55. The Bertz CT molecular complexity index is 73.5. The topological polar surface area (TPSA) is 0 Å². The molecule has 0 nitrogen and oxygen atoms in total. The van der Waals surface area contributed by atoms with E-state index in [9.17, 15) is 0 Å². The lowest BCUT2D eigenvalue weighted by atomic mass is 10.2. The van der Waals surface area contributed by atoms with E-state index < -0.39 is 4.33 Å². The van der Waals surface area contributed by atoms with Crippen LogP contribution in [0.2, 0.25) is 0 Å². The summed E-state index contributed by atoms with van der Waals surface area (Å²) in [5.74, 6) is 0.427. The summed E-state index contributed by atoms with van der Waals surface area (Å²) in [6.07, 6.45) is 3.00. The molecular formula is C6H11Cl2S. The van der Waals surface area contributed by atoms with Gasteiger partial charge in [0.05, 0.1) is 0 Å². The van der Waals surface area contributed by atoms with Crippen LogP contribution in [0.3, 0.4) is 0 Å². The zero-order valence-electron chi connectivity index (χ0n) is 5.49. The number of unbranched alkanes of at least 4 members (excludes halogenated alkanes) is 1. The summed E-state index contributed by atoms with van der Waals surface area (Å²) in [6.45, 7) is 2.10. The highest BCUT2D eigenvalue weighted by Crippen LogP contribution is 2.28. The van der Waals surface area contributed by atoms with E-state index in [4.69, 9.17) is 35.8 Å². The van der Waals surface area contributed by atoms with Crippen molar-refractivity contribution in [3.63, 3.8) is 0 Å². The summed E-state index contributed by atoms with van der Waals surface area (Å²) in [6, 6.07) is 0. The molecule has 0 unspecified atom stereocenters. The maximum Gasteiger partial charge on any atom is 0.128 e. The van der Waals surface area contributed by atoms with Gasteiger partial charge in [-0.05, 0) is 6.42 Å². The molecule has 55 valence electrons. The third-order valence-corrected chi connectivity index (χ3v) is 2.56. The third kappa shape index (κ3) is 5.38. The molecule has 0 aliphatic heterocycles. The van der Waals surface area contributed by atoms with E-state index in [0.717, 1.165) is 19.3 Å². The molecule has 0 amide bonds. The highest BCUT2D eigenvalue weighted by Gasteiger charge is 2.20. The Morgan fingerprint density at radius 1 is 1.44 bits per heavy atom. The van der Waals surface area contributed by atoms with Crippen LogP contribution in [0.15, 0.2) is 0 Å². The molecule has 0 aromatic carbocycles. The summed E-state index contributed by atoms with van der Waals surface area (Å²) in [7, 11) is 0. The molecule has 9 heavy (non-hydrogen) atoms. The van der Waals surface area contributed by atoms with E-state index >= 15 is 0 Å². The van der Waals surface area contributed by atoms with E-state index in [2.05, 4.69) is 6.92 Å². The van der Waals surface area contributed by atoms with Crippen molar-refractivity contribution in [3.05, 3.63) is 0 Å². The number of alkyl halides is 2. The molecule has 0 saturated heterocycles. The van der Waals surface area contributed by atoms with Crippen molar-refractivity contribution in [2.75, 3.05) is 5.75 Å². The number of rotatable bonds is 4. The minimum absolute atomic E-state index is 0.427. The van der Waals surface area contributed by atoms with Crippen LogP contribution in [0.4, 0.5) is 0 Å². The maximum atomic E-state index is 5.76. The molecule has 0 aromatic rings. The highest BCUT2D eigenvalue weighted by molar-refractivity contribution is 7.80. The average Bonchev–Trinajstić information content (AvgIpc) is 1.84. The summed E-state index contributed by atoms with van der Waals surface area (Å²) in [5, 5.41) is 0. The van der Waals surface area contributed by atoms with E-state index in [0.29, 0.717) is 5.75 Å². The smallest absolute Gasteiger partial charge is 0.101 e. The molecule has 0 atom stereocenters. The van der Waals surface area contributed by atoms with Gasteiger partial charge in [-0.2, -0.15) is 0 Å². The van der Waals surface area contributed by atoms with E-state index in [-0.39, 0.29) is 0 Å². The first kappa shape index (κ1) is 9.93. The quantitative estimate of drug-likeness (QED) is 0.589. The van der Waals surface area contributed by atoms with Crippen molar-refractivity contribution in [1.82, 2.24) is 0 Å². The zero-order valence-corrected chi connectivity index (χ0v) is 7.82. The van der Waals surface area contributed by atoms with Gasteiger partial charge in [0, 0.05) is 5.75 Å². The number of hydrogen-bond donors (Lipinski definition) is 0. The van der Waals surface area contributed by atoms with Gasteiger partial charge >= 0.3 is 0 Å². The van der Waals surface area contributed by atoms with Gasteiger partial charge in [-0.1, -0.05) is 32.4 Å². The summed E-state index contributed by atoms with van der Waals surface area (Å²) in [5.41, 5.74) is 0. The van der Waals surface area contributed by atoms with Crippen LogP contribution < -0.4 is 0 Å². The summed E-state index contributed by atoms with van der Waals surface area (Å²) < 4.78 is -0.647. The molecule has 0 rings (SSSR count). The zero-order chi connectivity index (χ0) is 7.33. The minimum atomic E-state index is -0.647. The van der Waals surface area contributed by atoms with Crippen LogP contribution in [0.5, 0.6) is 0 Å². The Hall–Kier alpha value is 0.930. The van der Waals surface area contributed by atoms with Crippen LogP contribution in [0, 0.1) is 0 Å². The molecule has 0 fully saturated rings. The second kappa shape index (κ2) is 4.70. The maximum absolute atomic E-state index is 5.76. The normalized spacial score (nSPS) is 12.0. The van der Waals surface area contributed by atoms with Crippen LogP contribution in [0.1, 0.15) is 26.2 Å². The van der Waals surface area contributed by atoms with E-state index in [1.807, 2.05) is 0 Å². The standard InChI is InChI=1S/C6H11Cl2S/c1-2-3-4-6(7,8)5-9/h2-5H2,1H3. The van der Waals surface area contributed by atoms with Crippen LogP contribution in [-0.2, 0) is 0 Å². The first-order valence-corrected chi connectivity index (χ1v) is 4.41. The van der Waals surface area contributed by atoms with Gasteiger partial charge in [0.15, 0.2) is 0 Å². The van der Waals surface area contributed by atoms with Gasteiger partial charge in [0.25, 0.3) is 0 Å². The van der Waals surface area contributed by atoms with Crippen molar-refractivity contribution in [3.8, 4) is 0 Å². The van der Waals surface area contributed by atoms with Gasteiger partial charge in [-0.15, -0.1) is 23.2 Å². The van der Waals surface area contributed by atoms with Gasteiger partial charge in [0.1, 0.15) is 4.33 Å². The van der Waals surface area contributed by atoms with Crippen molar-refractivity contribution in [2.24, 2.45) is 0 Å². The lowest BCUT2D eigenvalue weighted by molar-refractivity contribution is 0.677. The lowest BCUT2D eigenvalue weighted by Crippen LogP contribution is -2.13. The fraction of sp³-hybridized carbons (Fsp3) is 1.00. The van der Waals surface area contributed by atoms with Crippen molar-refractivity contribution in [1.29, 1.82) is 0 Å². The molecular weight excluding hydrogens is 175 g/mol. The van der Waals surface area contributed by atoms with E-state index in [1.165, 1.54) is 0 Å². The molecule has 0 N–H and O–H groups in total. The molecule has 0 aliphatic rings. The minimum Gasteiger partial charge on any atom is -0.101 e. The Kier molecular flexibility index (Phi) is 5.19. The fourth-order valence-corrected chi connectivity index (χ4v) is 0.919.